The molecule has 0 radical (unpaired) electrons. The highest BCUT2D eigenvalue weighted by molar-refractivity contribution is 8.00. The molecular weight excluding hydrogens is 264 g/mol. The summed E-state index contributed by atoms with van der Waals surface area (Å²) < 4.78 is 10.6. The van der Waals surface area contributed by atoms with Gasteiger partial charge in [0, 0.05) is 24.9 Å². The van der Waals surface area contributed by atoms with Gasteiger partial charge in [0.15, 0.2) is 0 Å². The number of carbonyl (C=O) groups is 1. The maximum atomic E-state index is 11.8. The minimum atomic E-state index is -0.321. The molecule has 0 saturated carbocycles. The molecule has 1 saturated heterocycles. The van der Waals surface area contributed by atoms with Gasteiger partial charge in [0.2, 0.25) is 0 Å². The predicted molar refractivity (Wildman–Crippen MR) is 74.1 cm³/mol. The zero-order valence-corrected chi connectivity index (χ0v) is 11.6. The van der Waals surface area contributed by atoms with Crippen LogP contribution in [0, 0.1) is 5.92 Å². The molecular formula is C14H18O4S. The van der Waals surface area contributed by atoms with Crippen molar-refractivity contribution in [3.8, 4) is 0 Å². The lowest BCUT2D eigenvalue weighted by molar-refractivity contribution is 0.0475. The second kappa shape index (κ2) is 6.93. The lowest BCUT2D eigenvalue weighted by Gasteiger charge is -2.15. The van der Waals surface area contributed by atoms with E-state index in [9.17, 15) is 9.90 Å². The van der Waals surface area contributed by atoms with E-state index in [1.807, 2.05) is 6.07 Å². The van der Waals surface area contributed by atoms with Crippen molar-refractivity contribution < 1.29 is 19.4 Å². The molecule has 5 heteroatoms. The lowest BCUT2D eigenvalue weighted by Crippen LogP contribution is -2.23. The number of hydrogen-bond acceptors (Lipinski definition) is 5. The number of carbonyl (C=O) groups excluding carboxylic acids is 1. The molecule has 1 heterocycles. The maximum absolute atomic E-state index is 11.8. The van der Waals surface area contributed by atoms with Crippen LogP contribution in [0.4, 0.5) is 0 Å². The first-order chi connectivity index (χ1) is 9.24. The van der Waals surface area contributed by atoms with Crippen molar-refractivity contribution in [2.45, 2.75) is 17.1 Å². The molecule has 0 amide bonds. The first-order valence-corrected chi connectivity index (χ1v) is 7.20. The van der Waals surface area contributed by atoms with Crippen LogP contribution in [0.2, 0.25) is 0 Å². The molecule has 3 atom stereocenters. The number of rotatable bonds is 5. The molecule has 1 N–H and O–H groups in total. The van der Waals surface area contributed by atoms with Gasteiger partial charge in [-0.25, -0.2) is 4.79 Å². The topological polar surface area (TPSA) is 55.8 Å². The third-order valence-corrected chi connectivity index (χ3v) is 4.79. The fourth-order valence-electron chi connectivity index (χ4n) is 2.10. The van der Waals surface area contributed by atoms with E-state index in [1.54, 1.807) is 43.1 Å². The van der Waals surface area contributed by atoms with Gasteiger partial charge in [0.05, 0.1) is 5.56 Å². The van der Waals surface area contributed by atoms with E-state index < -0.39 is 0 Å². The van der Waals surface area contributed by atoms with Crippen LogP contribution in [0.15, 0.2) is 30.3 Å². The summed E-state index contributed by atoms with van der Waals surface area (Å²) in [4.78, 5) is 11.8. The number of thioether (sulfide) groups is 1. The van der Waals surface area contributed by atoms with E-state index in [0.717, 1.165) is 6.42 Å². The summed E-state index contributed by atoms with van der Waals surface area (Å²) in [5.41, 5.74) is 0.631. The third kappa shape index (κ3) is 3.72. The minimum Gasteiger partial charge on any atom is -0.461 e. The van der Waals surface area contributed by atoms with Crippen molar-refractivity contribution in [3.63, 3.8) is 0 Å². The fourth-order valence-corrected chi connectivity index (χ4v) is 3.52. The molecule has 0 spiro atoms. The van der Waals surface area contributed by atoms with Crippen LogP contribution in [0.25, 0.3) is 0 Å². The standard InChI is InChI=1S/C14H18O4S/c1-17-13-7-11(8-15)12(19-13)9-18-14(16)10-5-3-2-4-6-10/h2-6,11-13,15H,7-9H2,1H3/t11-,12-,13?/m1/s1. The zero-order chi connectivity index (χ0) is 13.7. The lowest BCUT2D eigenvalue weighted by atomic mass is 10.0. The minimum absolute atomic E-state index is 0.0811. The van der Waals surface area contributed by atoms with Crippen molar-refractivity contribution in [2.75, 3.05) is 20.3 Å². The molecule has 4 nitrogen and oxygen atoms in total. The van der Waals surface area contributed by atoms with Gasteiger partial charge in [-0.05, 0) is 18.6 Å². The quantitative estimate of drug-likeness (QED) is 0.836. The highest BCUT2D eigenvalue weighted by atomic mass is 32.2. The number of methoxy groups -OCH3 is 1. The first kappa shape index (κ1) is 14.4. The van der Waals surface area contributed by atoms with Crippen LogP contribution < -0.4 is 0 Å². The summed E-state index contributed by atoms with van der Waals surface area (Å²) in [5, 5.41) is 9.42. The Kier molecular flexibility index (Phi) is 5.24. The smallest absolute Gasteiger partial charge is 0.338 e. The maximum Gasteiger partial charge on any atom is 0.338 e. The highest BCUT2D eigenvalue weighted by Crippen LogP contribution is 2.38. The van der Waals surface area contributed by atoms with Crippen LogP contribution in [0.5, 0.6) is 0 Å². The van der Waals surface area contributed by atoms with Gasteiger partial charge in [-0.2, -0.15) is 0 Å². The summed E-state index contributed by atoms with van der Waals surface area (Å²) in [6.45, 7) is 0.407. The molecule has 1 unspecified atom stereocenters. The van der Waals surface area contributed by atoms with Gasteiger partial charge >= 0.3 is 5.97 Å². The number of aliphatic hydroxyl groups is 1. The Hall–Kier alpha value is -1.04. The summed E-state index contributed by atoms with van der Waals surface area (Å²) >= 11 is 1.62. The van der Waals surface area contributed by atoms with Crippen molar-refractivity contribution in [1.29, 1.82) is 0 Å². The van der Waals surface area contributed by atoms with E-state index in [-0.39, 0.29) is 29.2 Å². The second-order valence-electron chi connectivity index (χ2n) is 4.48. The molecule has 1 aromatic rings. The summed E-state index contributed by atoms with van der Waals surface area (Å²) in [6, 6.07) is 8.92. The Morgan fingerprint density at radius 3 is 2.79 bits per heavy atom. The van der Waals surface area contributed by atoms with Crippen LogP contribution >= 0.6 is 11.8 Å². The number of esters is 1. The molecule has 0 aliphatic carbocycles. The van der Waals surface area contributed by atoms with Crippen LogP contribution in [0.3, 0.4) is 0 Å². The number of benzene rings is 1. The van der Waals surface area contributed by atoms with Gasteiger partial charge in [-0.15, -0.1) is 11.8 Å². The second-order valence-corrected chi connectivity index (χ2v) is 5.89. The van der Waals surface area contributed by atoms with E-state index in [4.69, 9.17) is 9.47 Å². The SMILES string of the molecule is COC1C[C@H](CO)[C@@H](COC(=O)c2ccccc2)S1. The molecule has 1 aliphatic heterocycles. The fraction of sp³-hybridized carbons (Fsp3) is 0.500. The van der Waals surface area contributed by atoms with E-state index in [0.29, 0.717) is 12.2 Å². The number of ether oxygens (including phenoxy) is 2. The molecule has 0 aromatic heterocycles. The van der Waals surface area contributed by atoms with Gasteiger partial charge < -0.3 is 14.6 Å². The molecule has 0 bridgehead atoms. The number of aliphatic hydroxyl groups excluding tert-OH is 1. The third-order valence-electron chi connectivity index (χ3n) is 3.23. The van der Waals surface area contributed by atoms with Gasteiger partial charge in [-0.3, -0.25) is 0 Å². The summed E-state index contributed by atoms with van der Waals surface area (Å²) in [7, 11) is 1.66. The van der Waals surface area contributed by atoms with Crippen molar-refractivity contribution in [3.05, 3.63) is 35.9 Å². The van der Waals surface area contributed by atoms with E-state index in [2.05, 4.69) is 0 Å². The van der Waals surface area contributed by atoms with Gasteiger partial charge in [0.25, 0.3) is 0 Å². The largest absolute Gasteiger partial charge is 0.461 e. The molecule has 2 rings (SSSR count). The predicted octanol–water partition coefficient (Wildman–Crippen LogP) is 1.93. The molecule has 104 valence electrons. The normalized spacial score (nSPS) is 26.3. The van der Waals surface area contributed by atoms with Crippen molar-refractivity contribution in [2.24, 2.45) is 5.92 Å². The van der Waals surface area contributed by atoms with Gasteiger partial charge in [0.1, 0.15) is 12.0 Å². The monoisotopic (exact) mass is 282 g/mol. The first-order valence-electron chi connectivity index (χ1n) is 6.26. The molecule has 19 heavy (non-hydrogen) atoms. The van der Waals surface area contributed by atoms with Crippen molar-refractivity contribution >= 4 is 17.7 Å². The Morgan fingerprint density at radius 1 is 1.42 bits per heavy atom. The van der Waals surface area contributed by atoms with Gasteiger partial charge in [-0.1, -0.05) is 18.2 Å². The Balaban J connectivity index is 1.86. The average Bonchev–Trinajstić information content (AvgIpc) is 2.88. The van der Waals surface area contributed by atoms with Crippen LogP contribution in [-0.4, -0.2) is 42.1 Å². The van der Waals surface area contributed by atoms with E-state index in [1.165, 1.54) is 0 Å². The average molecular weight is 282 g/mol. The Labute approximate surface area is 117 Å². The van der Waals surface area contributed by atoms with Crippen molar-refractivity contribution in [1.82, 2.24) is 0 Å². The molecule has 1 aliphatic rings. The summed E-state index contributed by atoms with van der Waals surface area (Å²) in [6.07, 6.45) is 0.797. The Bertz CT molecular complexity index is 409. The van der Waals surface area contributed by atoms with E-state index >= 15 is 0 Å². The van der Waals surface area contributed by atoms with Crippen LogP contribution in [-0.2, 0) is 9.47 Å². The molecule has 1 aromatic carbocycles. The van der Waals surface area contributed by atoms with Crippen LogP contribution in [0.1, 0.15) is 16.8 Å². The number of hydrogen-bond donors (Lipinski definition) is 1. The molecule has 1 fully saturated rings. The summed E-state index contributed by atoms with van der Waals surface area (Å²) in [5.74, 6) is -0.197. The highest BCUT2D eigenvalue weighted by Gasteiger charge is 2.35. The zero-order valence-electron chi connectivity index (χ0n) is 10.8. The Morgan fingerprint density at radius 2 is 2.16 bits per heavy atom.